The van der Waals surface area contributed by atoms with Crippen molar-refractivity contribution in [1.82, 2.24) is 4.90 Å². The molecule has 1 spiro atoms. The summed E-state index contributed by atoms with van der Waals surface area (Å²) >= 11 is 0. The molecule has 2 bridgehead atoms. The predicted molar refractivity (Wildman–Crippen MR) is 125 cm³/mol. The minimum Gasteiger partial charge on any atom is -0.497 e. The fourth-order valence-corrected chi connectivity index (χ4v) is 4.85. The highest BCUT2D eigenvalue weighted by molar-refractivity contribution is 6.21. The second kappa shape index (κ2) is 8.45. The summed E-state index contributed by atoms with van der Waals surface area (Å²) in [4.78, 5) is 15.8. The Morgan fingerprint density at radius 3 is 2.27 bits per heavy atom. The van der Waals surface area contributed by atoms with Crippen LogP contribution in [0.5, 0.6) is 11.5 Å². The van der Waals surface area contributed by atoms with Crippen molar-refractivity contribution in [2.45, 2.75) is 30.8 Å². The van der Waals surface area contributed by atoms with E-state index in [1.165, 1.54) is 0 Å². The molecule has 33 heavy (non-hydrogen) atoms. The third-order valence-electron chi connectivity index (χ3n) is 6.47. The number of fused-ring (bicyclic) bond motifs is 3. The van der Waals surface area contributed by atoms with Gasteiger partial charge in [0.2, 0.25) is 5.72 Å². The van der Waals surface area contributed by atoms with E-state index >= 15 is 0 Å². The largest absolute Gasteiger partial charge is 0.497 e. The summed E-state index contributed by atoms with van der Waals surface area (Å²) in [5.41, 5.74) is 1.49. The van der Waals surface area contributed by atoms with Gasteiger partial charge in [0.1, 0.15) is 23.4 Å². The summed E-state index contributed by atoms with van der Waals surface area (Å²) in [6.45, 7) is 4.25. The number of hydrogen-bond donors (Lipinski definition) is 0. The number of allylic oxidation sites excluding steroid dienone is 1. The SMILES string of the molecule is C=CCN1C(=O)C(c2ccc(OC)cc2)=C(Cc2ccc(OC)cc2)O[C@@]12C[C@H]1C=C[C@@H]2O1. The summed E-state index contributed by atoms with van der Waals surface area (Å²) in [6, 6.07) is 15.3. The molecule has 1 fully saturated rings. The average Bonchev–Trinajstić information content (AvgIpc) is 3.44. The first-order valence-corrected chi connectivity index (χ1v) is 11.0. The Balaban J connectivity index is 1.62. The van der Waals surface area contributed by atoms with Crippen LogP contribution in [-0.2, 0) is 20.7 Å². The molecule has 2 aromatic rings. The smallest absolute Gasteiger partial charge is 0.261 e. The first-order valence-electron chi connectivity index (χ1n) is 11.0. The molecule has 0 aliphatic carbocycles. The standard InChI is InChI=1S/C27H27NO5/c1-4-15-28-26(29)25(19-7-11-21(31-3)12-8-19)23(16-18-5-9-20(30-2)10-6-18)33-27(28)17-22-13-14-24(27)32-22/h4-14,22,24H,1,15-17H2,2-3H3/t22-,24+,27-/m1/s1. The molecule has 3 atom stereocenters. The molecule has 1 amide bonds. The van der Waals surface area contributed by atoms with Crippen LogP contribution in [0, 0.1) is 0 Å². The Kier molecular flexibility index (Phi) is 5.46. The van der Waals surface area contributed by atoms with Crippen LogP contribution >= 0.6 is 0 Å². The summed E-state index contributed by atoms with van der Waals surface area (Å²) in [7, 11) is 3.26. The molecule has 3 heterocycles. The Morgan fingerprint density at radius 1 is 1.06 bits per heavy atom. The van der Waals surface area contributed by atoms with E-state index in [1.807, 2.05) is 60.7 Å². The van der Waals surface area contributed by atoms with E-state index in [4.69, 9.17) is 18.9 Å². The van der Waals surface area contributed by atoms with Crippen LogP contribution in [0.3, 0.4) is 0 Å². The molecule has 0 saturated carbocycles. The van der Waals surface area contributed by atoms with Gasteiger partial charge in [0.05, 0.1) is 25.9 Å². The molecule has 6 nitrogen and oxygen atoms in total. The first kappa shape index (κ1) is 21.3. The number of ether oxygens (including phenoxy) is 4. The van der Waals surface area contributed by atoms with Crippen molar-refractivity contribution < 1.29 is 23.7 Å². The number of amides is 1. The summed E-state index contributed by atoms with van der Waals surface area (Å²) in [6.07, 6.45) is 6.48. The van der Waals surface area contributed by atoms with Crippen LogP contribution in [0.1, 0.15) is 17.5 Å². The van der Waals surface area contributed by atoms with E-state index in [1.54, 1.807) is 25.2 Å². The lowest BCUT2D eigenvalue weighted by atomic mass is 9.89. The second-order valence-corrected chi connectivity index (χ2v) is 8.39. The van der Waals surface area contributed by atoms with Crippen molar-refractivity contribution in [2.24, 2.45) is 0 Å². The minimum atomic E-state index is -0.873. The predicted octanol–water partition coefficient (Wildman–Crippen LogP) is 4.13. The molecular formula is C27H27NO5. The molecule has 0 radical (unpaired) electrons. The number of methoxy groups -OCH3 is 2. The molecule has 0 aromatic heterocycles. The molecular weight excluding hydrogens is 418 g/mol. The minimum absolute atomic E-state index is 0.0557. The third kappa shape index (κ3) is 3.60. The zero-order chi connectivity index (χ0) is 23.0. The molecule has 0 unspecified atom stereocenters. The fourth-order valence-electron chi connectivity index (χ4n) is 4.85. The molecule has 6 heteroatoms. The molecule has 0 N–H and O–H groups in total. The zero-order valence-corrected chi connectivity index (χ0v) is 18.8. The highest BCUT2D eigenvalue weighted by Gasteiger charge is 2.59. The van der Waals surface area contributed by atoms with E-state index in [-0.39, 0.29) is 18.1 Å². The van der Waals surface area contributed by atoms with Gasteiger partial charge in [-0.2, -0.15) is 0 Å². The maximum Gasteiger partial charge on any atom is 0.261 e. The molecule has 5 rings (SSSR count). The van der Waals surface area contributed by atoms with Gasteiger partial charge < -0.3 is 18.9 Å². The highest BCUT2D eigenvalue weighted by Crippen LogP contribution is 2.48. The van der Waals surface area contributed by atoms with Gasteiger partial charge in [0, 0.05) is 19.4 Å². The number of nitrogens with zero attached hydrogens (tertiary/aromatic N) is 1. The van der Waals surface area contributed by atoms with E-state index in [0.29, 0.717) is 30.7 Å². The first-order chi connectivity index (χ1) is 16.1. The van der Waals surface area contributed by atoms with Crippen molar-refractivity contribution >= 4 is 11.5 Å². The number of carbonyl (C=O) groups is 1. The van der Waals surface area contributed by atoms with Gasteiger partial charge in [-0.25, -0.2) is 0 Å². The van der Waals surface area contributed by atoms with Crippen LogP contribution < -0.4 is 9.47 Å². The Bertz CT molecular complexity index is 1120. The Morgan fingerprint density at radius 2 is 1.73 bits per heavy atom. The molecule has 3 aliphatic heterocycles. The third-order valence-corrected chi connectivity index (χ3v) is 6.47. The maximum absolute atomic E-state index is 14.0. The highest BCUT2D eigenvalue weighted by atomic mass is 16.6. The van der Waals surface area contributed by atoms with Crippen molar-refractivity contribution in [1.29, 1.82) is 0 Å². The van der Waals surface area contributed by atoms with Crippen molar-refractivity contribution in [3.8, 4) is 11.5 Å². The van der Waals surface area contributed by atoms with Crippen molar-refractivity contribution in [3.05, 3.63) is 90.2 Å². The number of benzene rings is 2. The quantitative estimate of drug-likeness (QED) is 0.600. The summed E-state index contributed by atoms with van der Waals surface area (Å²) < 4.78 is 23.5. The number of carbonyl (C=O) groups excluding carboxylic acids is 1. The van der Waals surface area contributed by atoms with Gasteiger partial charge in [-0.1, -0.05) is 42.5 Å². The molecule has 2 aromatic carbocycles. The van der Waals surface area contributed by atoms with Crippen molar-refractivity contribution in [3.63, 3.8) is 0 Å². The lowest BCUT2D eigenvalue weighted by Gasteiger charge is -2.47. The van der Waals surface area contributed by atoms with Crippen LogP contribution in [0.4, 0.5) is 0 Å². The zero-order valence-electron chi connectivity index (χ0n) is 18.8. The van der Waals surface area contributed by atoms with E-state index in [0.717, 1.165) is 22.6 Å². The van der Waals surface area contributed by atoms with Crippen LogP contribution in [0.2, 0.25) is 0 Å². The monoisotopic (exact) mass is 445 g/mol. The molecule has 1 saturated heterocycles. The molecule has 3 aliphatic rings. The Labute approximate surface area is 193 Å². The average molecular weight is 446 g/mol. The van der Waals surface area contributed by atoms with Gasteiger partial charge >= 0.3 is 0 Å². The second-order valence-electron chi connectivity index (χ2n) is 8.39. The van der Waals surface area contributed by atoms with Crippen molar-refractivity contribution in [2.75, 3.05) is 20.8 Å². The number of hydrogen-bond acceptors (Lipinski definition) is 5. The van der Waals surface area contributed by atoms with Crippen LogP contribution in [0.15, 0.2) is 79.1 Å². The van der Waals surface area contributed by atoms with Gasteiger partial charge in [-0.3, -0.25) is 9.69 Å². The topological polar surface area (TPSA) is 57.2 Å². The lowest BCUT2D eigenvalue weighted by Crippen LogP contribution is -2.61. The molecule has 170 valence electrons. The Hall–Kier alpha value is -3.51. The van der Waals surface area contributed by atoms with Gasteiger partial charge in [-0.05, 0) is 35.4 Å². The lowest BCUT2D eigenvalue weighted by molar-refractivity contribution is -0.173. The van der Waals surface area contributed by atoms with Crippen LogP contribution in [-0.4, -0.2) is 49.5 Å². The fraction of sp³-hybridized carbons (Fsp3) is 0.296. The number of rotatable bonds is 7. The van der Waals surface area contributed by atoms with Crippen LogP contribution in [0.25, 0.3) is 5.57 Å². The van der Waals surface area contributed by atoms with Gasteiger partial charge in [-0.15, -0.1) is 6.58 Å². The van der Waals surface area contributed by atoms with E-state index in [9.17, 15) is 4.79 Å². The summed E-state index contributed by atoms with van der Waals surface area (Å²) in [5.74, 6) is 2.06. The van der Waals surface area contributed by atoms with Gasteiger partial charge in [0.25, 0.3) is 5.91 Å². The van der Waals surface area contributed by atoms with Gasteiger partial charge in [0.15, 0.2) is 0 Å². The summed E-state index contributed by atoms with van der Waals surface area (Å²) in [5, 5.41) is 0. The maximum atomic E-state index is 14.0. The normalized spacial score (nSPS) is 25.5. The van der Waals surface area contributed by atoms with E-state index in [2.05, 4.69) is 6.58 Å². The van der Waals surface area contributed by atoms with E-state index < -0.39 is 5.72 Å².